The van der Waals surface area contributed by atoms with E-state index in [1.54, 1.807) is 24.7 Å². The lowest BCUT2D eigenvalue weighted by Crippen LogP contribution is -2.30. The van der Waals surface area contributed by atoms with Crippen LogP contribution >= 0.6 is 11.3 Å². The molecule has 1 amide bonds. The highest BCUT2D eigenvalue weighted by atomic mass is 32.1. The van der Waals surface area contributed by atoms with Crippen molar-refractivity contribution >= 4 is 47.0 Å². The lowest BCUT2D eigenvalue weighted by atomic mass is 10.1. The number of thiophene rings is 1. The van der Waals surface area contributed by atoms with Gasteiger partial charge in [0.25, 0.3) is 5.91 Å². The van der Waals surface area contributed by atoms with Crippen LogP contribution in [0.3, 0.4) is 0 Å². The fourth-order valence-electron chi connectivity index (χ4n) is 2.86. The van der Waals surface area contributed by atoms with Crippen LogP contribution in [0, 0.1) is 6.92 Å². The number of esters is 1. The average Bonchev–Trinajstić information content (AvgIpc) is 3.30. The van der Waals surface area contributed by atoms with Crippen LogP contribution in [-0.4, -0.2) is 49.1 Å². The number of hydrogen-bond acceptors (Lipinski definition) is 8. The predicted molar refractivity (Wildman–Crippen MR) is 93.3 cm³/mol. The normalized spacial score (nSPS) is 14.8. The number of amides is 1. The van der Waals surface area contributed by atoms with Crippen molar-refractivity contribution in [3.05, 3.63) is 33.2 Å². The minimum Gasteiger partial charge on any atom is -0.465 e. The standard InChI is InChI=1S/C16H14N4O4S/c1-8-10(11-13-17-4-5-20(13)7-18-15(11)24-8)14(21)19-9-3-6-25-12(9)16(22)23-2/h3,6-7H,4-5H2,1-2H3,(H,19,21). The molecule has 0 saturated carbocycles. The molecule has 0 radical (unpaired) electrons. The highest BCUT2D eigenvalue weighted by Gasteiger charge is 2.34. The zero-order chi connectivity index (χ0) is 17.6. The number of nitrogens with one attached hydrogen (secondary N) is 1. The molecule has 0 aromatic carbocycles. The summed E-state index contributed by atoms with van der Waals surface area (Å²) in [5, 5.41) is 4.48. The molecule has 0 saturated heterocycles. The molecule has 9 heteroatoms. The summed E-state index contributed by atoms with van der Waals surface area (Å²) in [5.74, 6) is 0.638. The third kappa shape index (κ3) is 2.43. The summed E-state index contributed by atoms with van der Waals surface area (Å²) in [4.78, 5) is 35.6. The molecule has 2 aliphatic rings. The Balaban J connectivity index is 1.71. The van der Waals surface area contributed by atoms with E-state index in [2.05, 4.69) is 15.3 Å². The lowest BCUT2D eigenvalue weighted by Gasteiger charge is -2.18. The number of anilines is 1. The van der Waals surface area contributed by atoms with E-state index in [1.807, 2.05) is 4.90 Å². The Morgan fingerprint density at radius 3 is 3.08 bits per heavy atom. The monoisotopic (exact) mass is 358 g/mol. The van der Waals surface area contributed by atoms with Crippen molar-refractivity contribution in [2.45, 2.75) is 6.92 Å². The number of furan rings is 1. The molecule has 1 N–H and O–H groups in total. The number of methoxy groups -OCH3 is 1. The molecule has 128 valence electrons. The largest absolute Gasteiger partial charge is 0.465 e. The number of carbonyl (C=O) groups is 2. The Bertz CT molecular complexity index is 940. The summed E-state index contributed by atoms with van der Waals surface area (Å²) in [6.07, 6.45) is 1.66. The van der Waals surface area contributed by atoms with Gasteiger partial charge in [-0.3, -0.25) is 9.79 Å². The van der Waals surface area contributed by atoms with Crippen LogP contribution in [-0.2, 0) is 4.74 Å². The molecule has 8 nitrogen and oxygen atoms in total. The molecule has 2 aliphatic heterocycles. The first kappa shape index (κ1) is 15.6. The number of aliphatic imine (C=N–C) groups is 2. The van der Waals surface area contributed by atoms with Gasteiger partial charge in [-0.2, -0.15) is 0 Å². The maximum Gasteiger partial charge on any atom is 0.350 e. The second-order valence-electron chi connectivity index (χ2n) is 5.47. The number of carbonyl (C=O) groups excluding carboxylic acids is 2. The molecule has 0 bridgehead atoms. The van der Waals surface area contributed by atoms with Gasteiger partial charge in [0.15, 0.2) is 0 Å². The quantitative estimate of drug-likeness (QED) is 0.850. The van der Waals surface area contributed by atoms with Crippen molar-refractivity contribution in [3.63, 3.8) is 0 Å². The van der Waals surface area contributed by atoms with Gasteiger partial charge in [-0.25, -0.2) is 9.79 Å². The van der Waals surface area contributed by atoms with Crippen LogP contribution < -0.4 is 5.32 Å². The number of amidine groups is 1. The second-order valence-corrected chi connectivity index (χ2v) is 6.38. The van der Waals surface area contributed by atoms with Gasteiger partial charge in [0.1, 0.15) is 22.8 Å². The zero-order valence-electron chi connectivity index (χ0n) is 13.5. The summed E-state index contributed by atoms with van der Waals surface area (Å²) in [7, 11) is 1.30. The SMILES string of the molecule is COC(=O)c1sccc1NC(=O)c1c(C)oc2c1C1=NCCN1C=N2. The molecule has 0 aliphatic carbocycles. The first-order chi connectivity index (χ1) is 12.1. The van der Waals surface area contributed by atoms with Gasteiger partial charge >= 0.3 is 5.97 Å². The Kier molecular flexibility index (Phi) is 3.65. The second kappa shape index (κ2) is 5.85. The van der Waals surface area contributed by atoms with Crippen LogP contribution in [0.25, 0.3) is 0 Å². The fourth-order valence-corrected chi connectivity index (χ4v) is 3.63. The average molecular weight is 358 g/mol. The fraction of sp³-hybridized carbons (Fsp3) is 0.250. The Morgan fingerprint density at radius 1 is 1.44 bits per heavy atom. The van der Waals surface area contributed by atoms with Gasteiger partial charge in [0.2, 0.25) is 5.88 Å². The van der Waals surface area contributed by atoms with E-state index in [0.717, 1.165) is 6.54 Å². The van der Waals surface area contributed by atoms with Crippen LogP contribution in [0.1, 0.15) is 31.4 Å². The molecule has 0 atom stereocenters. The minimum absolute atomic E-state index is 0.337. The molecule has 0 spiro atoms. The van der Waals surface area contributed by atoms with E-state index in [9.17, 15) is 9.59 Å². The molecule has 4 heterocycles. The number of fused-ring (bicyclic) bond motifs is 3. The van der Waals surface area contributed by atoms with Crippen LogP contribution in [0.2, 0.25) is 0 Å². The van der Waals surface area contributed by atoms with Crippen LogP contribution in [0.4, 0.5) is 11.6 Å². The third-order valence-electron chi connectivity index (χ3n) is 3.99. The molecular weight excluding hydrogens is 344 g/mol. The molecule has 2 aromatic rings. The maximum absolute atomic E-state index is 12.9. The van der Waals surface area contributed by atoms with Gasteiger partial charge < -0.3 is 19.4 Å². The van der Waals surface area contributed by atoms with Gasteiger partial charge in [0.05, 0.1) is 30.5 Å². The van der Waals surface area contributed by atoms with E-state index in [4.69, 9.17) is 9.15 Å². The van der Waals surface area contributed by atoms with Gasteiger partial charge in [-0.05, 0) is 18.4 Å². The molecule has 4 rings (SSSR count). The summed E-state index contributed by atoms with van der Waals surface area (Å²) >= 11 is 1.20. The predicted octanol–water partition coefficient (Wildman–Crippen LogP) is 2.42. The number of ether oxygens (including phenoxy) is 1. The van der Waals surface area contributed by atoms with E-state index < -0.39 is 5.97 Å². The van der Waals surface area contributed by atoms with Crippen molar-refractivity contribution in [2.75, 3.05) is 25.5 Å². The Morgan fingerprint density at radius 2 is 2.28 bits per heavy atom. The minimum atomic E-state index is -0.493. The summed E-state index contributed by atoms with van der Waals surface area (Å²) in [6, 6.07) is 1.66. The van der Waals surface area contributed by atoms with E-state index >= 15 is 0 Å². The Hall–Kier alpha value is -2.94. The number of nitrogens with zero attached hydrogens (tertiary/aromatic N) is 3. The van der Waals surface area contributed by atoms with Crippen molar-refractivity contribution in [2.24, 2.45) is 9.98 Å². The first-order valence-electron chi connectivity index (χ1n) is 7.56. The first-order valence-corrected chi connectivity index (χ1v) is 8.44. The smallest absolute Gasteiger partial charge is 0.350 e. The molecule has 25 heavy (non-hydrogen) atoms. The van der Waals surface area contributed by atoms with E-state index in [0.29, 0.717) is 45.7 Å². The summed E-state index contributed by atoms with van der Waals surface area (Å²) in [6.45, 7) is 3.07. The molecule has 0 fully saturated rings. The molecule has 0 unspecified atom stereocenters. The van der Waals surface area contributed by atoms with Crippen molar-refractivity contribution < 1.29 is 18.7 Å². The van der Waals surface area contributed by atoms with Crippen molar-refractivity contribution in [1.29, 1.82) is 0 Å². The Labute approximate surface area is 146 Å². The lowest BCUT2D eigenvalue weighted by molar-refractivity contribution is 0.0607. The molecule has 2 aromatic heterocycles. The van der Waals surface area contributed by atoms with Crippen molar-refractivity contribution in [1.82, 2.24) is 4.90 Å². The number of aryl methyl sites for hydroxylation is 1. The van der Waals surface area contributed by atoms with Crippen LogP contribution in [0.5, 0.6) is 0 Å². The van der Waals surface area contributed by atoms with Crippen LogP contribution in [0.15, 0.2) is 25.8 Å². The highest BCUT2D eigenvalue weighted by Crippen LogP contribution is 2.35. The van der Waals surface area contributed by atoms with E-state index in [1.165, 1.54) is 18.4 Å². The van der Waals surface area contributed by atoms with Crippen molar-refractivity contribution in [3.8, 4) is 0 Å². The highest BCUT2D eigenvalue weighted by molar-refractivity contribution is 7.12. The van der Waals surface area contributed by atoms with Gasteiger partial charge in [0, 0.05) is 6.54 Å². The third-order valence-corrected chi connectivity index (χ3v) is 4.88. The number of hydrogen-bond donors (Lipinski definition) is 1. The van der Waals surface area contributed by atoms with Gasteiger partial charge in [-0.1, -0.05) is 0 Å². The molecular formula is C16H14N4O4S. The maximum atomic E-state index is 12.9. The topological polar surface area (TPSA) is 96.5 Å². The van der Waals surface area contributed by atoms with E-state index in [-0.39, 0.29) is 5.91 Å². The summed E-state index contributed by atoms with van der Waals surface area (Å²) < 4.78 is 10.4. The number of rotatable bonds is 3. The summed E-state index contributed by atoms with van der Waals surface area (Å²) in [5.41, 5.74) is 1.37. The van der Waals surface area contributed by atoms with Gasteiger partial charge in [-0.15, -0.1) is 11.3 Å². The zero-order valence-corrected chi connectivity index (χ0v) is 14.3.